The minimum atomic E-state index is -0.689. The summed E-state index contributed by atoms with van der Waals surface area (Å²) in [5.41, 5.74) is 7.53. The van der Waals surface area contributed by atoms with Gasteiger partial charge < -0.3 is 20.5 Å². The first-order chi connectivity index (χ1) is 12.0. The number of hydrogen-bond donors (Lipinski definition) is 2. The van der Waals surface area contributed by atoms with Crippen molar-refractivity contribution in [2.45, 2.75) is 25.6 Å². The molecule has 2 aromatic rings. The van der Waals surface area contributed by atoms with Crippen molar-refractivity contribution in [1.29, 1.82) is 0 Å². The number of benzene rings is 2. The molecule has 0 aliphatic rings. The average Bonchev–Trinajstić information content (AvgIpc) is 2.61. The van der Waals surface area contributed by atoms with E-state index in [4.69, 9.17) is 15.2 Å². The molecule has 3 N–H and O–H groups in total. The van der Waals surface area contributed by atoms with Gasteiger partial charge in [0.2, 0.25) is 5.91 Å². The van der Waals surface area contributed by atoms with E-state index in [0.29, 0.717) is 12.4 Å². The minimum absolute atomic E-state index is 0. The molecular formula is C19H24ClFN2O3. The topological polar surface area (TPSA) is 73.6 Å². The molecule has 0 radical (unpaired) electrons. The molecule has 2 unspecified atom stereocenters. The molecule has 0 aromatic heterocycles. The third-order valence-corrected chi connectivity index (χ3v) is 3.74. The summed E-state index contributed by atoms with van der Waals surface area (Å²) >= 11 is 0. The van der Waals surface area contributed by atoms with Gasteiger partial charge in [-0.3, -0.25) is 4.79 Å². The molecule has 26 heavy (non-hydrogen) atoms. The first-order valence-corrected chi connectivity index (χ1v) is 8.01. The highest BCUT2D eigenvalue weighted by atomic mass is 35.5. The van der Waals surface area contributed by atoms with Crippen molar-refractivity contribution in [3.8, 4) is 5.75 Å². The second kappa shape index (κ2) is 10.8. The summed E-state index contributed by atoms with van der Waals surface area (Å²) in [6.07, 6.45) is 0. The molecule has 2 rings (SSSR count). The number of halogens is 2. The normalized spacial score (nSPS) is 12.6. The van der Waals surface area contributed by atoms with Crippen LogP contribution < -0.4 is 15.8 Å². The molecular weight excluding hydrogens is 359 g/mol. The lowest BCUT2D eigenvalue weighted by atomic mass is 10.1. The number of nitrogens with two attached hydrogens (primary N) is 1. The Morgan fingerprint density at radius 2 is 1.77 bits per heavy atom. The highest BCUT2D eigenvalue weighted by molar-refractivity contribution is 5.85. The fraction of sp³-hybridized carbons (Fsp3) is 0.316. The zero-order chi connectivity index (χ0) is 18.2. The van der Waals surface area contributed by atoms with Crippen LogP contribution in [-0.2, 0) is 16.1 Å². The monoisotopic (exact) mass is 382 g/mol. The fourth-order valence-electron chi connectivity index (χ4n) is 2.26. The highest BCUT2D eigenvalue weighted by Gasteiger charge is 2.16. The van der Waals surface area contributed by atoms with Gasteiger partial charge in [-0.15, -0.1) is 12.4 Å². The van der Waals surface area contributed by atoms with Crippen LogP contribution in [0.1, 0.15) is 24.1 Å². The Labute approximate surface area is 159 Å². The number of ether oxygens (including phenoxy) is 2. The van der Waals surface area contributed by atoms with Crippen molar-refractivity contribution in [3.05, 3.63) is 65.5 Å². The van der Waals surface area contributed by atoms with Crippen LogP contribution in [0.25, 0.3) is 0 Å². The van der Waals surface area contributed by atoms with Crippen LogP contribution in [0.3, 0.4) is 0 Å². The molecule has 142 valence electrons. The third kappa shape index (κ3) is 6.63. The second-order valence-corrected chi connectivity index (χ2v) is 5.78. The van der Waals surface area contributed by atoms with Crippen LogP contribution in [0.2, 0.25) is 0 Å². The molecule has 0 spiro atoms. The third-order valence-electron chi connectivity index (χ3n) is 3.74. The van der Waals surface area contributed by atoms with Gasteiger partial charge in [-0.2, -0.15) is 0 Å². The Bertz CT molecular complexity index is 680. The van der Waals surface area contributed by atoms with Crippen LogP contribution >= 0.6 is 12.4 Å². The summed E-state index contributed by atoms with van der Waals surface area (Å²) < 4.78 is 23.4. The SMILES string of the molecule is COCC(N)C(=O)NC(C)c1ccc(OCc2ccc(F)cc2)cc1.Cl. The smallest absolute Gasteiger partial charge is 0.239 e. The highest BCUT2D eigenvalue weighted by Crippen LogP contribution is 2.19. The van der Waals surface area contributed by atoms with Gasteiger partial charge in [-0.05, 0) is 42.3 Å². The molecule has 2 aromatic carbocycles. The molecule has 0 saturated heterocycles. The van der Waals surface area contributed by atoms with E-state index < -0.39 is 6.04 Å². The van der Waals surface area contributed by atoms with Crippen LogP contribution in [0.5, 0.6) is 5.75 Å². The number of carbonyl (C=O) groups is 1. The van der Waals surface area contributed by atoms with E-state index in [-0.39, 0.29) is 36.8 Å². The van der Waals surface area contributed by atoms with Crippen LogP contribution in [0.4, 0.5) is 4.39 Å². The fourth-order valence-corrected chi connectivity index (χ4v) is 2.26. The van der Waals surface area contributed by atoms with Gasteiger partial charge in [0.25, 0.3) is 0 Å². The van der Waals surface area contributed by atoms with Gasteiger partial charge in [0.05, 0.1) is 12.6 Å². The van der Waals surface area contributed by atoms with Gasteiger partial charge >= 0.3 is 0 Å². The number of nitrogens with one attached hydrogen (secondary N) is 1. The van der Waals surface area contributed by atoms with E-state index in [9.17, 15) is 9.18 Å². The van der Waals surface area contributed by atoms with Gasteiger partial charge in [-0.1, -0.05) is 24.3 Å². The van der Waals surface area contributed by atoms with Crippen LogP contribution in [0, 0.1) is 5.82 Å². The molecule has 5 nitrogen and oxygen atoms in total. The number of rotatable bonds is 8. The Kier molecular flexibility index (Phi) is 9.05. The number of amides is 1. The Morgan fingerprint density at radius 3 is 2.35 bits per heavy atom. The summed E-state index contributed by atoms with van der Waals surface area (Å²) in [6, 6.07) is 12.7. The number of hydrogen-bond acceptors (Lipinski definition) is 4. The Balaban J connectivity index is 0.00000338. The largest absolute Gasteiger partial charge is 0.489 e. The standard InChI is InChI=1S/C19H23FN2O3.ClH/c1-13(22-19(23)18(21)12-24-2)15-5-9-17(10-6-15)25-11-14-3-7-16(20)8-4-14;/h3-10,13,18H,11-12,21H2,1-2H3,(H,22,23);1H. The summed E-state index contributed by atoms with van der Waals surface area (Å²) in [6.45, 7) is 2.41. The maximum Gasteiger partial charge on any atom is 0.239 e. The van der Waals surface area contributed by atoms with Gasteiger partial charge in [-0.25, -0.2) is 4.39 Å². The number of carbonyl (C=O) groups excluding carboxylic acids is 1. The maximum absolute atomic E-state index is 12.9. The first-order valence-electron chi connectivity index (χ1n) is 8.01. The van der Waals surface area contributed by atoms with Crippen molar-refractivity contribution in [2.24, 2.45) is 5.73 Å². The van der Waals surface area contributed by atoms with Gasteiger partial charge in [0, 0.05) is 7.11 Å². The minimum Gasteiger partial charge on any atom is -0.489 e. The molecule has 1 amide bonds. The lowest BCUT2D eigenvalue weighted by Gasteiger charge is -2.18. The first kappa shape index (κ1) is 21.9. The maximum atomic E-state index is 12.9. The van der Waals surface area contributed by atoms with E-state index in [2.05, 4.69) is 5.32 Å². The summed E-state index contributed by atoms with van der Waals surface area (Å²) in [7, 11) is 1.50. The van der Waals surface area contributed by atoms with Gasteiger partial charge in [0.1, 0.15) is 24.2 Å². The van der Waals surface area contributed by atoms with E-state index in [1.807, 2.05) is 31.2 Å². The van der Waals surface area contributed by atoms with Crippen LogP contribution in [0.15, 0.2) is 48.5 Å². The van der Waals surface area contributed by atoms with E-state index in [1.54, 1.807) is 12.1 Å². The molecule has 0 heterocycles. The molecule has 0 aliphatic carbocycles. The molecule has 0 aliphatic heterocycles. The molecule has 0 saturated carbocycles. The van der Waals surface area contributed by atoms with Crippen molar-refractivity contribution in [2.75, 3.05) is 13.7 Å². The zero-order valence-corrected chi connectivity index (χ0v) is 15.6. The van der Waals surface area contributed by atoms with Crippen molar-refractivity contribution < 1.29 is 18.7 Å². The summed E-state index contributed by atoms with van der Waals surface area (Å²) in [5.74, 6) is 0.169. The average molecular weight is 383 g/mol. The molecule has 0 bridgehead atoms. The molecule has 7 heteroatoms. The van der Waals surface area contributed by atoms with E-state index in [1.165, 1.54) is 19.2 Å². The number of methoxy groups -OCH3 is 1. The Morgan fingerprint density at radius 1 is 1.15 bits per heavy atom. The van der Waals surface area contributed by atoms with Crippen molar-refractivity contribution >= 4 is 18.3 Å². The predicted octanol–water partition coefficient (Wildman–Crippen LogP) is 2.98. The quantitative estimate of drug-likeness (QED) is 0.736. The van der Waals surface area contributed by atoms with Crippen molar-refractivity contribution in [3.63, 3.8) is 0 Å². The summed E-state index contributed by atoms with van der Waals surface area (Å²) in [4.78, 5) is 11.9. The van der Waals surface area contributed by atoms with Crippen LogP contribution in [-0.4, -0.2) is 25.7 Å². The molecule has 0 fully saturated rings. The lowest BCUT2D eigenvalue weighted by Crippen LogP contribution is -2.44. The van der Waals surface area contributed by atoms with E-state index in [0.717, 1.165) is 11.1 Å². The Hall–Kier alpha value is -2.15. The van der Waals surface area contributed by atoms with E-state index >= 15 is 0 Å². The van der Waals surface area contributed by atoms with Crippen molar-refractivity contribution in [1.82, 2.24) is 5.32 Å². The second-order valence-electron chi connectivity index (χ2n) is 5.78. The summed E-state index contributed by atoms with van der Waals surface area (Å²) in [5, 5.41) is 2.84. The predicted molar refractivity (Wildman–Crippen MR) is 101 cm³/mol. The van der Waals surface area contributed by atoms with Gasteiger partial charge in [0.15, 0.2) is 0 Å². The molecule has 2 atom stereocenters. The zero-order valence-electron chi connectivity index (χ0n) is 14.8. The lowest BCUT2D eigenvalue weighted by molar-refractivity contribution is -0.124.